The van der Waals surface area contributed by atoms with Crippen molar-refractivity contribution in [1.82, 2.24) is 0 Å². The highest BCUT2D eigenvalue weighted by Crippen LogP contribution is 2.25. The zero-order chi connectivity index (χ0) is 21.7. The van der Waals surface area contributed by atoms with Crippen LogP contribution in [0.15, 0.2) is 42.5 Å². The van der Waals surface area contributed by atoms with E-state index in [-0.39, 0.29) is 17.0 Å². The molecule has 1 amide bonds. The van der Waals surface area contributed by atoms with E-state index in [0.717, 1.165) is 6.07 Å². The maximum atomic E-state index is 12.6. The molecule has 0 heterocycles. The van der Waals surface area contributed by atoms with Gasteiger partial charge in [0.05, 0.1) is 16.2 Å². The van der Waals surface area contributed by atoms with Gasteiger partial charge >= 0.3 is 5.97 Å². The second-order valence-corrected chi connectivity index (χ2v) is 6.53. The van der Waals surface area contributed by atoms with Crippen molar-refractivity contribution in [3.8, 4) is 0 Å². The molecule has 0 bridgehead atoms. The first-order valence-electron chi connectivity index (χ1n) is 8.68. The van der Waals surface area contributed by atoms with Gasteiger partial charge in [-0.05, 0) is 32.0 Å². The van der Waals surface area contributed by atoms with E-state index < -0.39 is 22.9 Å². The summed E-state index contributed by atoms with van der Waals surface area (Å²) in [4.78, 5) is 48.4. The number of nitro benzene ring substituents is 1. The lowest BCUT2D eigenvalue weighted by Crippen LogP contribution is -2.30. The van der Waals surface area contributed by atoms with Crippen LogP contribution in [-0.2, 0) is 9.53 Å². The zero-order valence-corrected chi connectivity index (χ0v) is 16.5. The smallest absolute Gasteiger partial charge is 0.341 e. The maximum Gasteiger partial charge on any atom is 0.341 e. The first-order valence-corrected chi connectivity index (χ1v) is 8.68. The molecule has 9 nitrogen and oxygen atoms in total. The standard InChI is InChI=1S/C20H21N3O6/c1-12(24)14-6-5-7-15(10-14)21-19(25)13(2)29-20(26)17-11-16(23(27)28)8-9-18(17)22(3)4/h5-11,13H,1-4H3,(H,21,25)/t13-/m1/s1. The average Bonchev–Trinajstić information content (AvgIpc) is 2.67. The largest absolute Gasteiger partial charge is 0.449 e. The van der Waals surface area contributed by atoms with Crippen molar-refractivity contribution in [3.05, 3.63) is 63.7 Å². The molecule has 0 aliphatic rings. The molecule has 9 heteroatoms. The van der Waals surface area contributed by atoms with Crippen LogP contribution in [-0.4, -0.2) is 42.8 Å². The molecule has 2 rings (SSSR count). The monoisotopic (exact) mass is 399 g/mol. The van der Waals surface area contributed by atoms with Crippen molar-refractivity contribution in [2.75, 3.05) is 24.3 Å². The SMILES string of the molecule is CC(=O)c1cccc(NC(=O)[C@@H](C)OC(=O)c2cc([N+](=O)[O-])ccc2N(C)C)c1. The number of hydrogen-bond donors (Lipinski definition) is 1. The Labute approximate surface area is 167 Å². The summed E-state index contributed by atoms with van der Waals surface area (Å²) in [5.74, 6) is -1.61. The normalized spacial score (nSPS) is 11.3. The number of nitrogens with one attached hydrogen (secondary N) is 1. The van der Waals surface area contributed by atoms with E-state index in [1.165, 1.54) is 32.0 Å². The number of ether oxygens (including phenoxy) is 1. The van der Waals surface area contributed by atoms with E-state index in [2.05, 4.69) is 5.32 Å². The highest BCUT2D eigenvalue weighted by molar-refractivity contribution is 6.01. The first kappa shape index (κ1) is 21.5. The van der Waals surface area contributed by atoms with Crippen LogP contribution in [0.4, 0.5) is 17.1 Å². The van der Waals surface area contributed by atoms with E-state index in [4.69, 9.17) is 4.74 Å². The second-order valence-electron chi connectivity index (χ2n) is 6.53. The molecule has 0 saturated carbocycles. The molecular weight excluding hydrogens is 378 g/mol. The molecule has 0 aliphatic carbocycles. The first-order chi connectivity index (χ1) is 13.6. The number of ketones is 1. The molecule has 0 aromatic heterocycles. The Morgan fingerprint density at radius 1 is 1.14 bits per heavy atom. The van der Waals surface area contributed by atoms with Gasteiger partial charge in [-0.15, -0.1) is 0 Å². The number of rotatable bonds is 7. The van der Waals surface area contributed by atoms with Crippen LogP contribution in [0.5, 0.6) is 0 Å². The topological polar surface area (TPSA) is 119 Å². The van der Waals surface area contributed by atoms with Gasteiger partial charge < -0.3 is 15.0 Å². The number of non-ortho nitro benzene ring substituents is 1. The minimum atomic E-state index is -1.17. The number of carbonyl (C=O) groups excluding carboxylic acids is 3. The number of amides is 1. The lowest BCUT2D eigenvalue weighted by molar-refractivity contribution is -0.384. The van der Waals surface area contributed by atoms with Crippen molar-refractivity contribution < 1.29 is 24.0 Å². The number of hydrogen-bond acceptors (Lipinski definition) is 7. The molecule has 0 radical (unpaired) electrons. The van der Waals surface area contributed by atoms with Crippen molar-refractivity contribution in [2.45, 2.75) is 20.0 Å². The molecule has 0 unspecified atom stereocenters. The van der Waals surface area contributed by atoms with E-state index in [9.17, 15) is 24.5 Å². The summed E-state index contributed by atoms with van der Waals surface area (Å²) in [6.45, 7) is 2.79. The number of esters is 1. The summed E-state index contributed by atoms with van der Waals surface area (Å²) in [6, 6.07) is 10.2. The molecule has 1 N–H and O–H groups in total. The van der Waals surface area contributed by atoms with E-state index in [1.54, 1.807) is 37.2 Å². The molecule has 1 atom stereocenters. The number of nitro groups is 1. The summed E-state index contributed by atoms with van der Waals surface area (Å²) >= 11 is 0. The molecule has 2 aromatic rings. The van der Waals surface area contributed by atoms with E-state index in [0.29, 0.717) is 16.9 Å². The van der Waals surface area contributed by atoms with Gasteiger partial charge in [0, 0.05) is 37.5 Å². The fraction of sp³-hybridized carbons (Fsp3) is 0.250. The lowest BCUT2D eigenvalue weighted by atomic mass is 10.1. The molecule has 0 aliphatic heterocycles. The Morgan fingerprint density at radius 3 is 2.41 bits per heavy atom. The molecule has 2 aromatic carbocycles. The van der Waals surface area contributed by atoms with Crippen molar-refractivity contribution >= 4 is 34.7 Å². The maximum absolute atomic E-state index is 12.6. The second kappa shape index (κ2) is 8.96. The predicted molar refractivity (Wildman–Crippen MR) is 107 cm³/mol. The Hall–Kier alpha value is -3.75. The van der Waals surface area contributed by atoms with Gasteiger partial charge in [-0.2, -0.15) is 0 Å². The zero-order valence-electron chi connectivity index (χ0n) is 16.5. The minimum Gasteiger partial charge on any atom is -0.449 e. The Balaban J connectivity index is 2.16. The van der Waals surface area contributed by atoms with Crippen LogP contribution in [0.25, 0.3) is 0 Å². The minimum absolute atomic E-state index is 0.0255. The van der Waals surface area contributed by atoms with Gasteiger partial charge in [0.2, 0.25) is 0 Å². The molecule has 29 heavy (non-hydrogen) atoms. The molecular formula is C20H21N3O6. The molecule has 152 valence electrons. The summed E-state index contributed by atoms with van der Waals surface area (Å²) in [6.07, 6.45) is -1.17. The van der Waals surface area contributed by atoms with Crippen molar-refractivity contribution in [2.24, 2.45) is 0 Å². The summed E-state index contributed by atoms with van der Waals surface area (Å²) in [7, 11) is 3.35. The van der Waals surface area contributed by atoms with Crippen LogP contribution >= 0.6 is 0 Å². The highest BCUT2D eigenvalue weighted by Gasteiger charge is 2.24. The third-order valence-electron chi connectivity index (χ3n) is 4.08. The Morgan fingerprint density at radius 2 is 1.83 bits per heavy atom. The quantitative estimate of drug-likeness (QED) is 0.329. The summed E-state index contributed by atoms with van der Waals surface area (Å²) < 4.78 is 5.21. The molecule has 0 fully saturated rings. The van der Waals surface area contributed by atoms with Crippen LogP contribution in [0.1, 0.15) is 34.6 Å². The fourth-order valence-electron chi connectivity index (χ4n) is 2.53. The number of benzene rings is 2. The van der Waals surface area contributed by atoms with Gasteiger partial charge in [0.1, 0.15) is 0 Å². The average molecular weight is 399 g/mol. The highest BCUT2D eigenvalue weighted by atomic mass is 16.6. The van der Waals surface area contributed by atoms with Crippen LogP contribution < -0.4 is 10.2 Å². The Kier molecular flexibility index (Phi) is 6.66. The van der Waals surface area contributed by atoms with Crippen molar-refractivity contribution in [1.29, 1.82) is 0 Å². The number of carbonyl (C=O) groups is 3. The summed E-state index contributed by atoms with van der Waals surface area (Å²) in [5, 5.41) is 13.6. The van der Waals surface area contributed by atoms with Gasteiger partial charge in [0.25, 0.3) is 11.6 Å². The number of anilines is 2. The third kappa shape index (κ3) is 5.38. The third-order valence-corrected chi connectivity index (χ3v) is 4.08. The molecule has 0 saturated heterocycles. The van der Waals surface area contributed by atoms with Crippen LogP contribution in [0.2, 0.25) is 0 Å². The van der Waals surface area contributed by atoms with E-state index in [1.807, 2.05) is 0 Å². The number of nitrogens with zero attached hydrogens (tertiary/aromatic N) is 2. The van der Waals surface area contributed by atoms with Crippen LogP contribution in [0, 0.1) is 10.1 Å². The lowest BCUT2D eigenvalue weighted by Gasteiger charge is -2.18. The van der Waals surface area contributed by atoms with Gasteiger partial charge in [-0.3, -0.25) is 19.7 Å². The van der Waals surface area contributed by atoms with E-state index >= 15 is 0 Å². The van der Waals surface area contributed by atoms with Crippen LogP contribution in [0.3, 0.4) is 0 Å². The summed E-state index contributed by atoms with van der Waals surface area (Å²) in [5.41, 5.74) is 0.945. The predicted octanol–water partition coefficient (Wildman–Crippen LogP) is 3.05. The Bertz CT molecular complexity index is 970. The van der Waals surface area contributed by atoms with Gasteiger partial charge in [0.15, 0.2) is 11.9 Å². The van der Waals surface area contributed by atoms with Crippen molar-refractivity contribution in [3.63, 3.8) is 0 Å². The van der Waals surface area contributed by atoms with Gasteiger partial charge in [-0.1, -0.05) is 12.1 Å². The molecule has 0 spiro atoms. The van der Waals surface area contributed by atoms with Gasteiger partial charge in [-0.25, -0.2) is 4.79 Å². The fourth-order valence-corrected chi connectivity index (χ4v) is 2.53. The number of Topliss-reactive ketones (excluding diaryl/α,β-unsaturated/α-hetero) is 1.